The van der Waals surface area contributed by atoms with Crippen molar-refractivity contribution in [3.63, 3.8) is 0 Å². The fourth-order valence-corrected chi connectivity index (χ4v) is 2.36. The minimum atomic E-state index is 0.149. The number of ether oxygens (including phenoxy) is 1. The lowest BCUT2D eigenvalue weighted by molar-refractivity contribution is 0.0622. The van der Waals surface area contributed by atoms with Crippen LogP contribution in [0.4, 0.5) is 0 Å². The lowest BCUT2D eigenvalue weighted by Crippen LogP contribution is -2.08. The zero-order chi connectivity index (χ0) is 12.0. The molecule has 0 bridgehead atoms. The summed E-state index contributed by atoms with van der Waals surface area (Å²) in [4.78, 5) is 0. The van der Waals surface area contributed by atoms with Gasteiger partial charge in [-0.3, -0.25) is 0 Å². The molecule has 1 atom stereocenters. The van der Waals surface area contributed by atoms with Crippen molar-refractivity contribution in [2.75, 3.05) is 11.9 Å². The van der Waals surface area contributed by atoms with Crippen molar-refractivity contribution >= 4 is 31.9 Å². The maximum atomic E-state index is 5.88. The smallest absolute Gasteiger partial charge is 0.0922 e. The number of benzene rings is 1. The number of alkyl halides is 1. The monoisotopic (exact) mass is 348 g/mol. The van der Waals surface area contributed by atoms with Gasteiger partial charge in [0.25, 0.3) is 0 Å². The lowest BCUT2D eigenvalue weighted by Gasteiger charge is -2.16. The molecular weight excluding hydrogens is 332 g/mol. The van der Waals surface area contributed by atoms with Crippen LogP contribution in [0, 0.1) is 5.92 Å². The molecule has 1 aromatic carbocycles. The van der Waals surface area contributed by atoms with Gasteiger partial charge in [0.05, 0.1) is 6.10 Å². The Morgan fingerprint density at radius 3 is 2.62 bits per heavy atom. The molecule has 0 aliphatic heterocycles. The number of halogens is 2. The summed E-state index contributed by atoms with van der Waals surface area (Å²) >= 11 is 6.98. The van der Waals surface area contributed by atoms with Crippen molar-refractivity contribution in [1.82, 2.24) is 0 Å². The van der Waals surface area contributed by atoms with Crippen LogP contribution in [0.2, 0.25) is 0 Å². The molecule has 0 spiro atoms. The standard InChI is InChI=1S/C13H18Br2O/c1-10(2)6-7-16-13(9-14)11-4-3-5-12(15)8-11/h3-5,8,10,13H,6-7,9H2,1-2H3. The van der Waals surface area contributed by atoms with E-state index in [2.05, 4.69) is 57.8 Å². The molecule has 90 valence electrons. The quantitative estimate of drug-likeness (QED) is 0.660. The van der Waals surface area contributed by atoms with Crippen LogP contribution in [0.3, 0.4) is 0 Å². The maximum Gasteiger partial charge on any atom is 0.0922 e. The third-order valence-electron chi connectivity index (χ3n) is 2.37. The maximum absolute atomic E-state index is 5.88. The van der Waals surface area contributed by atoms with Gasteiger partial charge in [0.1, 0.15) is 0 Å². The average molecular weight is 350 g/mol. The molecule has 0 aromatic heterocycles. The predicted molar refractivity (Wildman–Crippen MR) is 76.1 cm³/mol. The first-order valence-corrected chi connectivity index (χ1v) is 7.48. The molecule has 0 N–H and O–H groups in total. The van der Waals surface area contributed by atoms with E-state index in [1.165, 1.54) is 5.56 Å². The summed E-state index contributed by atoms with van der Waals surface area (Å²) in [7, 11) is 0. The first kappa shape index (κ1) is 14.2. The van der Waals surface area contributed by atoms with Gasteiger partial charge in [-0.15, -0.1) is 0 Å². The molecule has 1 aromatic rings. The third-order valence-corrected chi connectivity index (χ3v) is 3.46. The van der Waals surface area contributed by atoms with Gasteiger partial charge < -0.3 is 4.74 Å². The second kappa shape index (κ2) is 7.46. The van der Waals surface area contributed by atoms with Crippen LogP contribution in [0.1, 0.15) is 31.9 Å². The van der Waals surface area contributed by atoms with E-state index < -0.39 is 0 Å². The highest BCUT2D eigenvalue weighted by Gasteiger charge is 2.10. The van der Waals surface area contributed by atoms with Gasteiger partial charge in [-0.1, -0.05) is 57.8 Å². The van der Waals surface area contributed by atoms with Crippen LogP contribution in [0.15, 0.2) is 28.7 Å². The highest BCUT2D eigenvalue weighted by molar-refractivity contribution is 9.10. The Labute approximate surface area is 115 Å². The minimum absolute atomic E-state index is 0.149. The van der Waals surface area contributed by atoms with Crippen molar-refractivity contribution < 1.29 is 4.74 Å². The third kappa shape index (κ3) is 4.98. The lowest BCUT2D eigenvalue weighted by atomic mass is 10.1. The molecule has 0 saturated heterocycles. The topological polar surface area (TPSA) is 9.23 Å². The van der Waals surface area contributed by atoms with Gasteiger partial charge in [0.2, 0.25) is 0 Å². The fourth-order valence-electron chi connectivity index (χ4n) is 1.38. The van der Waals surface area contributed by atoms with Gasteiger partial charge in [0, 0.05) is 16.4 Å². The molecule has 1 unspecified atom stereocenters. The molecule has 0 saturated carbocycles. The summed E-state index contributed by atoms with van der Waals surface area (Å²) in [6.07, 6.45) is 1.26. The molecule has 0 aliphatic rings. The summed E-state index contributed by atoms with van der Waals surface area (Å²) in [6.45, 7) is 5.25. The summed E-state index contributed by atoms with van der Waals surface area (Å²) in [6, 6.07) is 8.29. The summed E-state index contributed by atoms with van der Waals surface area (Å²) in [5, 5.41) is 0.835. The molecule has 3 heteroatoms. The van der Waals surface area contributed by atoms with E-state index in [-0.39, 0.29) is 6.10 Å². The summed E-state index contributed by atoms with van der Waals surface area (Å²) in [5.41, 5.74) is 1.22. The summed E-state index contributed by atoms with van der Waals surface area (Å²) < 4.78 is 6.98. The number of hydrogen-bond acceptors (Lipinski definition) is 1. The molecule has 1 nitrogen and oxygen atoms in total. The molecular formula is C13H18Br2O. The SMILES string of the molecule is CC(C)CCOC(CBr)c1cccc(Br)c1. The van der Waals surface area contributed by atoms with E-state index in [1.807, 2.05) is 12.1 Å². The predicted octanol–water partition coefficient (Wildman–Crippen LogP) is 4.95. The molecule has 0 amide bonds. The van der Waals surface area contributed by atoms with Gasteiger partial charge in [-0.25, -0.2) is 0 Å². The van der Waals surface area contributed by atoms with Crippen LogP contribution in [-0.2, 0) is 4.74 Å². The Balaban J connectivity index is 2.53. The van der Waals surface area contributed by atoms with Crippen molar-refractivity contribution in [3.8, 4) is 0 Å². The fraction of sp³-hybridized carbons (Fsp3) is 0.538. The van der Waals surface area contributed by atoms with Crippen molar-refractivity contribution in [2.45, 2.75) is 26.4 Å². The van der Waals surface area contributed by atoms with E-state index >= 15 is 0 Å². The van der Waals surface area contributed by atoms with Crippen LogP contribution in [0.25, 0.3) is 0 Å². The van der Waals surface area contributed by atoms with Gasteiger partial charge >= 0.3 is 0 Å². The normalized spacial score (nSPS) is 13.1. The van der Waals surface area contributed by atoms with E-state index in [4.69, 9.17) is 4.74 Å². The van der Waals surface area contributed by atoms with Gasteiger partial charge in [0.15, 0.2) is 0 Å². The Bertz CT molecular complexity index is 313. The highest BCUT2D eigenvalue weighted by atomic mass is 79.9. The van der Waals surface area contributed by atoms with Crippen molar-refractivity contribution in [3.05, 3.63) is 34.3 Å². The van der Waals surface area contributed by atoms with Crippen LogP contribution < -0.4 is 0 Å². The Hall–Kier alpha value is 0.140. The van der Waals surface area contributed by atoms with E-state index in [0.29, 0.717) is 5.92 Å². The molecule has 0 radical (unpaired) electrons. The minimum Gasteiger partial charge on any atom is -0.373 e. The van der Waals surface area contributed by atoms with Gasteiger partial charge in [-0.05, 0) is 30.0 Å². The molecule has 1 rings (SSSR count). The molecule has 16 heavy (non-hydrogen) atoms. The second-order valence-electron chi connectivity index (χ2n) is 4.25. The second-order valence-corrected chi connectivity index (χ2v) is 5.81. The van der Waals surface area contributed by atoms with Crippen LogP contribution in [-0.4, -0.2) is 11.9 Å². The largest absolute Gasteiger partial charge is 0.373 e. The van der Waals surface area contributed by atoms with Crippen LogP contribution in [0.5, 0.6) is 0 Å². The van der Waals surface area contributed by atoms with Crippen molar-refractivity contribution in [1.29, 1.82) is 0 Å². The van der Waals surface area contributed by atoms with E-state index in [9.17, 15) is 0 Å². The van der Waals surface area contributed by atoms with E-state index in [0.717, 1.165) is 22.8 Å². The molecule has 0 fully saturated rings. The average Bonchev–Trinajstić information content (AvgIpc) is 2.24. The Morgan fingerprint density at radius 1 is 1.31 bits per heavy atom. The van der Waals surface area contributed by atoms with Gasteiger partial charge in [-0.2, -0.15) is 0 Å². The Kier molecular flexibility index (Phi) is 6.62. The zero-order valence-corrected chi connectivity index (χ0v) is 12.9. The van der Waals surface area contributed by atoms with Crippen LogP contribution >= 0.6 is 31.9 Å². The number of hydrogen-bond donors (Lipinski definition) is 0. The molecule has 0 aliphatic carbocycles. The first-order valence-electron chi connectivity index (χ1n) is 5.56. The highest BCUT2D eigenvalue weighted by Crippen LogP contribution is 2.23. The molecule has 0 heterocycles. The summed E-state index contributed by atoms with van der Waals surface area (Å²) in [5.74, 6) is 0.693. The van der Waals surface area contributed by atoms with Crippen molar-refractivity contribution in [2.24, 2.45) is 5.92 Å². The Morgan fingerprint density at radius 2 is 2.06 bits per heavy atom. The zero-order valence-electron chi connectivity index (χ0n) is 9.75. The van der Waals surface area contributed by atoms with E-state index in [1.54, 1.807) is 0 Å². The number of rotatable bonds is 6. The first-order chi connectivity index (χ1) is 7.63.